The summed E-state index contributed by atoms with van der Waals surface area (Å²) in [7, 11) is 8.90. The summed E-state index contributed by atoms with van der Waals surface area (Å²) in [6, 6.07) is 53.5. The molecule has 28 heteroatoms. The molecule has 4 heterocycles. The average molecular weight is 2140 g/mol. The number of methoxy groups -OCH3 is 8. The van der Waals surface area contributed by atoms with Crippen LogP contribution in [0.15, 0.2) is 146 Å². The Morgan fingerprint density at radius 1 is 0.220 bits per heavy atom. The van der Waals surface area contributed by atoms with Crippen LogP contribution in [0.25, 0.3) is 22.3 Å². The van der Waals surface area contributed by atoms with Crippen molar-refractivity contribution in [3.63, 3.8) is 0 Å². The van der Waals surface area contributed by atoms with Crippen molar-refractivity contribution >= 4 is 95.3 Å². The molecule has 0 saturated heterocycles. The maximum Gasteiger partial charge on any atom is 2.00 e. The second kappa shape index (κ2) is 48.0. The van der Waals surface area contributed by atoms with E-state index >= 15 is 0 Å². The van der Waals surface area contributed by atoms with Crippen molar-refractivity contribution in [2.45, 2.75) is 125 Å². The fraction of sp³-hybridized carbons (Fsp3) is 0.308. The standard InChI is InChI=1S/2C50H52O8P2.C4H11N.5ClH.2Ru/c2*1-27-17-35(18-28(2)45(27)51-9)59(36-19-29(3)46(52-10)30(4)20-36)41-15-13-39-49(57-25-55-39)43(41)44-42(16-14-40-50(44)58-26-56-40)60(37-21-31(5)47(53-11)32(6)22-37)38-23-33(7)48(54-12)34(8)24-38;1-3-5-4-2;;;;;;;/h2*13-24H,25-26H2,1-12H3;5H,3-4H2,1-2H3;5*1H;;/q;;;;;;;;2*+2/p-5. The first-order chi connectivity index (χ1) is 60.2. The van der Waals surface area contributed by atoms with Crippen LogP contribution >= 0.6 is 31.7 Å². The number of fused-ring (bicyclic) bond motifs is 4. The average Bonchev–Trinajstić information content (AvgIpc) is 1.41. The molecule has 16 rings (SSSR count). The van der Waals surface area contributed by atoms with E-state index in [1.54, 1.807) is 56.9 Å². The summed E-state index contributed by atoms with van der Waals surface area (Å²) in [6.45, 7) is 40.7. The Morgan fingerprint density at radius 3 is 0.455 bits per heavy atom. The summed E-state index contributed by atoms with van der Waals surface area (Å²) >= 11 is 0. The van der Waals surface area contributed by atoms with Crippen LogP contribution in [0.4, 0.5) is 0 Å². The molecule has 0 amide bonds. The van der Waals surface area contributed by atoms with Crippen molar-refractivity contribution < 1.29 is 177 Å². The van der Waals surface area contributed by atoms with Crippen molar-refractivity contribution in [1.82, 2.24) is 5.32 Å². The Bertz CT molecular complexity index is 5030. The molecule has 0 spiro atoms. The van der Waals surface area contributed by atoms with Crippen LogP contribution in [0.1, 0.15) is 103 Å². The zero-order valence-electron chi connectivity index (χ0n) is 79.5. The molecular formula is C104H115Cl5NO16P4Ru2-. The molecule has 0 atom stereocenters. The quantitative estimate of drug-likeness (QED) is 0.0694. The number of ether oxygens (including phenoxy) is 16. The van der Waals surface area contributed by atoms with Gasteiger partial charge >= 0.3 is 39.0 Å². The van der Waals surface area contributed by atoms with E-state index < -0.39 is 31.7 Å². The van der Waals surface area contributed by atoms with Crippen molar-refractivity contribution in [2.24, 2.45) is 0 Å². The molecular weight excluding hydrogens is 2020 g/mol. The van der Waals surface area contributed by atoms with Gasteiger partial charge < -0.3 is 143 Å². The van der Waals surface area contributed by atoms with E-state index in [0.29, 0.717) is 46.0 Å². The third-order valence-corrected chi connectivity index (χ3v) is 32.9. The van der Waals surface area contributed by atoms with Gasteiger partial charge in [-0.1, -0.05) is 13.8 Å². The number of aryl methyl sites for hydroxylation is 16. The summed E-state index contributed by atoms with van der Waals surface area (Å²) in [5.74, 6) is 12.6. The fourth-order valence-electron chi connectivity index (χ4n) is 18.5. The summed E-state index contributed by atoms with van der Waals surface area (Å²) < 4.78 is 98.3. The van der Waals surface area contributed by atoms with Crippen LogP contribution < -0.4 is 207 Å². The van der Waals surface area contributed by atoms with Crippen LogP contribution in [0, 0.1) is 111 Å². The fourth-order valence-corrected chi connectivity index (χ4v) is 29.8. The molecule has 0 aromatic heterocycles. The van der Waals surface area contributed by atoms with Gasteiger partial charge in [0, 0.05) is 22.3 Å². The summed E-state index contributed by atoms with van der Waals surface area (Å²) in [5, 5.41) is 17.0. The van der Waals surface area contributed by atoms with Gasteiger partial charge in [-0.25, -0.2) is 0 Å². The topological polar surface area (TPSA) is 160 Å². The van der Waals surface area contributed by atoms with Crippen LogP contribution in [-0.4, -0.2) is 97.1 Å². The Balaban J connectivity index is 0.000000326. The molecule has 0 radical (unpaired) electrons. The third kappa shape index (κ3) is 21.8. The van der Waals surface area contributed by atoms with Crippen LogP contribution in [-0.2, 0) is 39.0 Å². The van der Waals surface area contributed by atoms with Gasteiger partial charge in [0.1, 0.15) is 46.0 Å². The van der Waals surface area contributed by atoms with Gasteiger partial charge in [0.25, 0.3) is 0 Å². The van der Waals surface area contributed by atoms with Gasteiger partial charge in [0.15, 0.2) is 46.0 Å². The molecule has 4 aliphatic heterocycles. The first-order valence-electron chi connectivity index (χ1n) is 42.0. The van der Waals surface area contributed by atoms with E-state index in [9.17, 15) is 0 Å². The number of hydrogen-bond acceptors (Lipinski definition) is 17. The molecule has 4 aliphatic rings. The Labute approximate surface area is 841 Å². The van der Waals surface area contributed by atoms with Gasteiger partial charge in [0.2, 0.25) is 27.2 Å². The van der Waals surface area contributed by atoms with E-state index in [1.807, 2.05) is 0 Å². The smallest absolute Gasteiger partial charge is 1.00 e. The van der Waals surface area contributed by atoms with Crippen molar-refractivity contribution in [3.05, 3.63) is 235 Å². The number of nitrogens with one attached hydrogen (secondary N) is 1. The van der Waals surface area contributed by atoms with Gasteiger partial charge in [0.05, 0.1) is 56.9 Å². The molecule has 132 heavy (non-hydrogen) atoms. The number of rotatable bonds is 24. The van der Waals surface area contributed by atoms with E-state index in [4.69, 9.17) is 75.8 Å². The zero-order chi connectivity index (χ0) is 89.3. The molecule has 1 N–H and O–H groups in total. The third-order valence-electron chi connectivity index (χ3n) is 23.3. The predicted molar refractivity (Wildman–Crippen MR) is 515 cm³/mol. The maximum absolute atomic E-state index is 6.58. The van der Waals surface area contributed by atoms with Crippen LogP contribution in [0.2, 0.25) is 0 Å². The number of halogens is 5. The number of benzene rings is 12. The largest absolute Gasteiger partial charge is 2.00 e. The summed E-state index contributed by atoms with van der Waals surface area (Å²) in [6.07, 6.45) is 0. The SMILES string of the molecule is CCNCC.COc1c(C)cc(P(c2cc(C)c(OC)c(C)c2)c2ccc3c(c2-c2c(P(c4cc(C)c(OC)c(C)c4)c4cc(C)c(OC)c(C)c4)ccc4c2OCO4)OCO3)cc1C.COc1c(C)cc(P(c2cc(C)c(OC)c(C)c2)c2ccc3c(c2-c2c(P(c4cc(C)c(OC)c(C)c4)c4cc(C)c(OC)c(C)c4)ccc4c2OCO4)OCO3)cc1C.[Cl-].[Cl-].[Cl-].[Cl-].[Cl-].[Ru+2].[Ru+2]. The minimum atomic E-state index is -1.25. The van der Waals surface area contributed by atoms with E-state index in [-0.39, 0.29) is 128 Å². The molecule has 0 saturated carbocycles. The minimum absolute atomic E-state index is 0. The predicted octanol–water partition coefficient (Wildman–Crippen LogP) is 3.29. The first-order valence-corrected chi connectivity index (χ1v) is 47.4. The maximum atomic E-state index is 6.58. The minimum Gasteiger partial charge on any atom is -1.00 e. The van der Waals surface area contributed by atoms with Crippen LogP contribution in [0.3, 0.4) is 0 Å². The second-order valence-corrected chi connectivity index (χ2v) is 40.7. The van der Waals surface area contributed by atoms with Gasteiger partial charge in [-0.05, 0) is 454 Å². The molecule has 0 aliphatic carbocycles. The molecule has 0 unspecified atom stereocenters. The summed E-state index contributed by atoms with van der Waals surface area (Å²) in [5.41, 5.74) is 20.9. The van der Waals surface area contributed by atoms with Gasteiger partial charge in [-0.15, -0.1) is 0 Å². The van der Waals surface area contributed by atoms with Crippen molar-refractivity contribution in [2.75, 3.05) is 97.1 Å². The van der Waals surface area contributed by atoms with Crippen LogP contribution in [0.5, 0.6) is 92.0 Å². The first kappa shape index (κ1) is 111. The van der Waals surface area contributed by atoms with Gasteiger partial charge in [-0.3, -0.25) is 0 Å². The molecule has 12 aromatic carbocycles. The van der Waals surface area contributed by atoms with Gasteiger partial charge in [-0.2, -0.15) is 0 Å². The normalized spacial score (nSPS) is 11.9. The molecule has 12 aromatic rings. The molecule has 0 fully saturated rings. The molecule has 704 valence electrons. The Morgan fingerprint density at radius 2 is 0.348 bits per heavy atom. The summed E-state index contributed by atoms with van der Waals surface area (Å²) in [4.78, 5) is 0. The Hall–Kier alpha value is -8.18. The molecule has 0 bridgehead atoms. The van der Waals surface area contributed by atoms with E-state index in [0.717, 1.165) is 192 Å². The van der Waals surface area contributed by atoms with Crippen molar-refractivity contribution in [3.8, 4) is 114 Å². The van der Waals surface area contributed by atoms with E-state index in [1.165, 1.54) is 42.4 Å². The van der Waals surface area contributed by atoms with E-state index in [2.05, 4.69) is 276 Å². The zero-order valence-corrected chi connectivity index (χ0v) is 90.4. The number of hydrogen-bond donors (Lipinski definition) is 1. The second-order valence-electron chi connectivity index (χ2n) is 32.0. The van der Waals surface area contributed by atoms with Crippen molar-refractivity contribution in [1.29, 1.82) is 0 Å². The monoisotopic (exact) mass is 2140 g/mol. The Kier molecular flexibility index (Phi) is 40.3. The molecule has 17 nitrogen and oxygen atoms in total.